The van der Waals surface area contributed by atoms with Crippen molar-refractivity contribution in [1.29, 1.82) is 0 Å². The van der Waals surface area contributed by atoms with Gasteiger partial charge in [0, 0.05) is 36.1 Å². The summed E-state index contributed by atoms with van der Waals surface area (Å²) >= 11 is 0. The monoisotopic (exact) mass is 312 g/mol. The summed E-state index contributed by atoms with van der Waals surface area (Å²) in [6.45, 7) is 1.66. The molecule has 2 aromatic rings. The zero-order chi connectivity index (χ0) is 16.2. The lowest BCUT2D eigenvalue weighted by atomic mass is 10.1. The number of phenols is 1. The van der Waals surface area contributed by atoms with Crippen LogP contribution in [-0.2, 0) is 0 Å². The molecule has 1 saturated heterocycles. The molecule has 0 aromatic heterocycles. The zero-order valence-electron chi connectivity index (χ0n) is 12.8. The number of carbonyl (C=O) groups is 1. The number of carbonyl (C=O) groups excluding carboxylic acids is 1. The van der Waals surface area contributed by atoms with E-state index in [1.165, 1.54) is 6.07 Å². The number of hydrogen-bond acceptors (Lipinski definition) is 4. The van der Waals surface area contributed by atoms with Crippen LogP contribution in [0.15, 0.2) is 48.5 Å². The fraction of sp³-hybridized carbons (Fsp3) is 0.278. The molecule has 3 N–H and O–H groups in total. The van der Waals surface area contributed by atoms with Gasteiger partial charge in [0.2, 0.25) is 0 Å². The van der Waals surface area contributed by atoms with Gasteiger partial charge in [-0.1, -0.05) is 6.07 Å². The lowest BCUT2D eigenvalue weighted by molar-refractivity contribution is 0.102. The predicted octanol–water partition coefficient (Wildman–Crippen LogP) is 2.61. The summed E-state index contributed by atoms with van der Waals surface area (Å²) in [6, 6.07) is 13.9. The minimum Gasteiger partial charge on any atom is -0.508 e. The third-order valence-corrected chi connectivity index (χ3v) is 4.06. The van der Waals surface area contributed by atoms with Gasteiger partial charge in [-0.05, 0) is 49.2 Å². The molecule has 1 aliphatic rings. The maximum absolute atomic E-state index is 12.2. The summed E-state index contributed by atoms with van der Waals surface area (Å²) in [5, 5.41) is 21.7. The minimum absolute atomic E-state index is 0.116. The Bertz CT molecular complexity index is 677. The van der Waals surface area contributed by atoms with E-state index in [4.69, 9.17) is 0 Å². The molecule has 0 atom stereocenters. The first kappa shape index (κ1) is 15.4. The van der Waals surface area contributed by atoms with Crippen LogP contribution in [-0.4, -0.2) is 35.3 Å². The number of nitrogens with one attached hydrogen (secondary N) is 1. The normalized spacial score (nSPS) is 15.4. The van der Waals surface area contributed by atoms with Crippen molar-refractivity contribution in [3.05, 3.63) is 54.1 Å². The predicted molar refractivity (Wildman–Crippen MR) is 90.0 cm³/mol. The molecule has 0 saturated carbocycles. The molecule has 3 rings (SSSR count). The molecule has 0 unspecified atom stereocenters. The summed E-state index contributed by atoms with van der Waals surface area (Å²) in [7, 11) is 0. The van der Waals surface area contributed by atoms with Gasteiger partial charge in [0.15, 0.2) is 0 Å². The number of aromatic hydroxyl groups is 1. The number of hydrogen-bond donors (Lipinski definition) is 3. The second-order valence-electron chi connectivity index (χ2n) is 5.77. The van der Waals surface area contributed by atoms with Gasteiger partial charge >= 0.3 is 0 Å². The Kier molecular flexibility index (Phi) is 4.48. The Morgan fingerprint density at radius 2 is 1.78 bits per heavy atom. The Labute approximate surface area is 135 Å². The van der Waals surface area contributed by atoms with E-state index < -0.39 is 0 Å². The van der Waals surface area contributed by atoms with E-state index in [-0.39, 0.29) is 17.8 Å². The summed E-state index contributed by atoms with van der Waals surface area (Å²) in [4.78, 5) is 14.4. The molecule has 0 aliphatic carbocycles. The van der Waals surface area contributed by atoms with Gasteiger partial charge in [0.05, 0.1) is 6.10 Å². The van der Waals surface area contributed by atoms with Gasteiger partial charge in [0.25, 0.3) is 5.91 Å². The van der Waals surface area contributed by atoms with Gasteiger partial charge in [-0.25, -0.2) is 0 Å². The van der Waals surface area contributed by atoms with Gasteiger partial charge in [-0.2, -0.15) is 0 Å². The standard InChI is InChI=1S/C18H20N2O3/c21-16-8-10-20(11-9-16)15-6-4-13(5-7-15)18(23)19-14-2-1-3-17(22)12-14/h1-7,12,16,21-22H,8-11H2,(H,19,23). The highest BCUT2D eigenvalue weighted by Crippen LogP contribution is 2.21. The van der Waals surface area contributed by atoms with E-state index in [2.05, 4.69) is 10.2 Å². The van der Waals surface area contributed by atoms with Crippen molar-refractivity contribution in [2.45, 2.75) is 18.9 Å². The van der Waals surface area contributed by atoms with Crippen molar-refractivity contribution in [3.8, 4) is 5.75 Å². The van der Waals surface area contributed by atoms with Gasteiger partial charge in [0.1, 0.15) is 5.75 Å². The molecule has 5 nitrogen and oxygen atoms in total. The highest BCUT2D eigenvalue weighted by Gasteiger charge is 2.17. The van der Waals surface area contributed by atoms with Crippen molar-refractivity contribution >= 4 is 17.3 Å². The second-order valence-corrected chi connectivity index (χ2v) is 5.77. The SMILES string of the molecule is O=C(Nc1cccc(O)c1)c1ccc(N2CCC(O)CC2)cc1. The van der Waals surface area contributed by atoms with Crippen LogP contribution in [0.25, 0.3) is 0 Å². The molecule has 120 valence electrons. The largest absolute Gasteiger partial charge is 0.508 e. The fourth-order valence-electron chi connectivity index (χ4n) is 2.73. The van der Waals surface area contributed by atoms with E-state index in [9.17, 15) is 15.0 Å². The van der Waals surface area contributed by atoms with Crippen LogP contribution in [0.5, 0.6) is 5.75 Å². The first-order valence-corrected chi connectivity index (χ1v) is 7.75. The molecular formula is C18H20N2O3. The van der Waals surface area contributed by atoms with Gasteiger partial charge in [-0.15, -0.1) is 0 Å². The molecule has 1 fully saturated rings. The number of piperidine rings is 1. The Morgan fingerprint density at radius 1 is 1.09 bits per heavy atom. The average Bonchev–Trinajstić information content (AvgIpc) is 2.56. The Morgan fingerprint density at radius 3 is 2.43 bits per heavy atom. The summed E-state index contributed by atoms with van der Waals surface area (Å²) in [5.74, 6) is -0.0957. The van der Waals surface area contributed by atoms with Crippen molar-refractivity contribution in [1.82, 2.24) is 0 Å². The fourth-order valence-corrected chi connectivity index (χ4v) is 2.73. The van der Waals surface area contributed by atoms with Crippen LogP contribution < -0.4 is 10.2 Å². The van der Waals surface area contributed by atoms with Crippen LogP contribution in [0.2, 0.25) is 0 Å². The van der Waals surface area contributed by atoms with E-state index in [1.54, 1.807) is 30.3 Å². The Hall–Kier alpha value is -2.53. The number of anilines is 2. The third-order valence-electron chi connectivity index (χ3n) is 4.06. The minimum atomic E-state index is -0.212. The number of aliphatic hydroxyl groups is 1. The highest BCUT2D eigenvalue weighted by molar-refractivity contribution is 6.04. The lowest BCUT2D eigenvalue weighted by Gasteiger charge is -2.31. The molecule has 23 heavy (non-hydrogen) atoms. The smallest absolute Gasteiger partial charge is 0.255 e. The first-order chi connectivity index (χ1) is 11.1. The topological polar surface area (TPSA) is 72.8 Å². The molecule has 1 heterocycles. The number of amides is 1. The van der Waals surface area contributed by atoms with Crippen molar-refractivity contribution in [2.24, 2.45) is 0 Å². The molecule has 0 radical (unpaired) electrons. The zero-order valence-corrected chi connectivity index (χ0v) is 12.8. The number of benzene rings is 2. The molecule has 1 aliphatic heterocycles. The molecule has 2 aromatic carbocycles. The maximum atomic E-state index is 12.2. The maximum Gasteiger partial charge on any atom is 0.255 e. The van der Waals surface area contributed by atoms with Crippen LogP contribution in [0, 0.1) is 0 Å². The van der Waals surface area contributed by atoms with E-state index in [1.807, 2.05) is 12.1 Å². The molecule has 0 spiro atoms. The molecular weight excluding hydrogens is 292 g/mol. The van der Waals surface area contributed by atoms with E-state index in [0.29, 0.717) is 11.3 Å². The van der Waals surface area contributed by atoms with E-state index >= 15 is 0 Å². The van der Waals surface area contributed by atoms with Gasteiger partial charge < -0.3 is 20.4 Å². The van der Waals surface area contributed by atoms with Crippen LogP contribution in [0.3, 0.4) is 0 Å². The number of phenolic OH excluding ortho intramolecular Hbond substituents is 1. The molecule has 0 bridgehead atoms. The van der Waals surface area contributed by atoms with Crippen molar-refractivity contribution in [3.63, 3.8) is 0 Å². The van der Waals surface area contributed by atoms with Crippen LogP contribution >= 0.6 is 0 Å². The van der Waals surface area contributed by atoms with E-state index in [0.717, 1.165) is 31.6 Å². The Balaban J connectivity index is 1.65. The average molecular weight is 312 g/mol. The molecule has 1 amide bonds. The van der Waals surface area contributed by atoms with Gasteiger partial charge in [-0.3, -0.25) is 4.79 Å². The summed E-state index contributed by atoms with van der Waals surface area (Å²) in [6.07, 6.45) is 1.36. The first-order valence-electron chi connectivity index (χ1n) is 7.75. The number of aliphatic hydroxyl groups excluding tert-OH is 1. The summed E-state index contributed by atoms with van der Waals surface area (Å²) in [5.41, 5.74) is 2.18. The second kappa shape index (κ2) is 6.71. The van der Waals surface area contributed by atoms with Crippen LogP contribution in [0.4, 0.5) is 11.4 Å². The number of nitrogens with zero attached hydrogens (tertiary/aromatic N) is 1. The van der Waals surface area contributed by atoms with Crippen molar-refractivity contribution < 1.29 is 15.0 Å². The highest BCUT2D eigenvalue weighted by atomic mass is 16.3. The number of rotatable bonds is 3. The van der Waals surface area contributed by atoms with Crippen molar-refractivity contribution in [2.75, 3.05) is 23.3 Å². The summed E-state index contributed by atoms with van der Waals surface area (Å²) < 4.78 is 0. The third kappa shape index (κ3) is 3.81. The quantitative estimate of drug-likeness (QED) is 0.814. The molecule has 5 heteroatoms. The lowest BCUT2D eigenvalue weighted by Crippen LogP contribution is -2.35. The van der Waals surface area contributed by atoms with Crippen LogP contribution in [0.1, 0.15) is 23.2 Å².